The molecule has 3 aromatic rings. The maximum Gasteiger partial charge on any atom is 0.329 e. The average molecular weight is 301 g/mol. The van der Waals surface area contributed by atoms with E-state index < -0.39 is 0 Å². The third kappa shape index (κ3) is 2.42. The zero-order valence-corrected chi connectivity index (χ0v) is 13.6. The number of aromatic nitrogens is 3. The normalized spacial score (nSPS) is 12.2. The monoisotopic (exact) mass is 301 g/mol. The first-order valence-electron chi connectivity index (χ1n) is 6.97. The summed E-state index contributed by atoms with van der Waals surface area (Å²) >= 11 is 1.62. The molecule has 0 aliphatic carbocycles. The highest BCUT2D eigenvalue weighted by Crippen LogP contribution is 2.24. The lowest BCUT2D eigenvalue weighted by atomic mass is 9.93. The summed E-state index contributed by atoms with van der Waals surface area (Å²) in [5, 5.41) is 3.06. The molecule has 5 heteroatoms. The molecular formula is C16H19N3OS. The number of nitrogens with zero attached hydrogens (tertiary/aromatic N) is 3. The Hall–Kier alpha value is -1.88. The molecule has 0 radical (unpaired) electrons. The molecule has 2 heterocycles. The molecule has 0 N–H and O–H groups in total. The van der Waals surface area contributed by atoms with Gasteiger partial charge in [-0.3, -0.25) is 9.13 Å². The largest absolute Gasteiger partial charge is 0.329 e. The van der Waals surface area contributed by atoms with Crippen LogP contribution in [0, 0.1) is 0 Å². The summed E-state index contributed by atoms with van der Waals surface area (Å²) in [4.78, 5) is 17.1. The molecule has 0 fully saturated rings. The zero-order chi connectivity index (χ0) is 15.2. The van der Waals surface area contributed by atoms with Gasteiger partial charge in [-0.2, -0.15) is 0 Å². The van der Waals surface area contributed by atoms with Crippen LogP contribution in [0.15, 0.2) is 34.4 Å². The van der Waals surface area contributed by atoms with Gasteiger partial charge in [0.2, 0.25) is 0 Å². The quantitative estimate of drug-likeness (QED) is 0.729. The first-order valence-corrected chi connectivity index (χ1v) is 7.85. The summed E-state index contributed by atoms with van der Waals surface area (Å²) in [6.07, 6.45) is 0. The highest BCUT2D eigenvalue weighted by Gasteiger charge is 2.18. The fourth-order valence-corrected chi connectivity index (χ4v) is 3.39. The number of rotatable bonds is 2. The fraction of sp³-hybridized carbons (Fsp3) is 0.375. The summed E-state index contributed by atoms with van der Waals surface area (Å²) in [6.45, 7) is 6.97. The van der Waals surface area contributed by atoms with Crippen molar-refractivity contribution in [1.29, 1.82) is 0 Å². The van der Waals surface area contributed by atoms with E-state index in [1.807, 2.05) is 31.3 Å². The van der Waals surface area contributed by atoms with Crippen LogP contribution < -0.4 is 5.69 Å². The Balaban J connectivity index is 2.05. The van der Waals surface area contributed by atoms with Gasteiger partial charge in [0.25, 0.3) is 0 Å². The van der Waals surface area contributed by atoms with Gasteiger partial charge in [0.1, 0.15) is 5.01 Å². The minimum absolute atomic E-state index is 0.00343. The molecule has 0 aliphatic rings. The summed E-state index contributed by atoms with van der Waals surface area (Å²) in [6, 6.07) is 7.86. The fourth-order valence-electron chi connectivity index (χ4n) is 2.38. The van der Waals surface area contributed by atoms with Crippen LogP contribution in [0.1, 0.15) is 31.5 Å². The van der Waals surface area contributed by atoms with Crippen LogP contribution >= 0.6 is 11.3 Å². The Bertz CT molecular complexity index is 848. The minimum atomic E-state index is 0.00343. The average Bonchev–Trinajstić information content (AvgIpc) is 2.99. The van der Waals surface area contributed by atoms with Crippen molar-refractivity contribution in [3.05, 3.63) is 50.8 Å². The van der Waals surface area contributed by atoms with Gasteiger partial charge >= 0.3 is 5.69 Å². The lowest BCUT2D eigenvalue weighted by Crippen LogP contribution is -2.22. The second-order valence-corrected chi connectivity index (χ2v) is 7.24. The van der Waals surface area contributed by atoms with E-state index in [-0.39, 0.29) is 11.1 Å². The predicted octanol–water partition coefficient (Wildman–Crippen LogP) is 3.14. The Morgan fingerprint density at radius 3 is 2.48 bits per heavy atom. The van der Waals surface area contributed by atoms with E-state index in [2.05, 4.69) is 31.1 Å². The van der Waals surface area contributed by atoms with Gasteiger partial charge in [-0.1, -0.05) is 32.9 Å². The van der Waals surface area contributed by atoms with E-state index in [1.54, 1.807) is 20.5 Å². The molecule has 21 heavy (non-hydrogen) atoms. The van der Waals surface area contributed by atoms with Crippen LogP contribution in [0.2, 0.25) is 0 Å². The number of hydrogen-bond acceptors (Lipinski definition) is 3. The maximum atomic E-state index is 12.4. The summed E-state index contributed by atoms with van der Waals surface area (Å²) in [5.41, 5.74) is 3.03. The van der Waals surface area contributed by atoms with Crippen molar-refractivity contribution in [3.63, 3.8) is 0 Å². The smallest absolute Gasteiger partial charge is 0.295 e. The van der Waals surface area contributed by atoms with Gasteiger partial charge in [0.15, 0.2) is 0 Å². The van der Waals surface area contributed by atoms with Crippen LogP contribution in [-0.2, 0) is 19.0 Å². The van der Waals surface area contributed by atoms with Crippen LogP contribution in [0.25, 0.3) is 11.0 Å². The first kappa shape index (κ1) is 14.1. The number of hydrogen-bond donors (Lipinski definition) is 0. The second kappa shape index (κ2) is 4.84. The van der Waals surface area contributed by atoms with Gasteiger partial charge in [-0.15, -0.1) is 11.3 Å². The molecule has 0 aliphatic heterocycles. The molecule has 0 bridgehead atoms. The Morgan fingerprint density at radius 1 is 1.19 bits per heavy atom. The van der Waals surface area contributed by atoms with Crippen molar-refractivity contribution in [2.45, 2.75) is 32.7 Å². The van der Waals surface area contributed by atoms with Crippen molar-refractivity contribution in [2.24, 2.45) is 7.05 Å². The number of para-hydroxylation sites is 2. The van der Waals surface area contributed by atoms with Crippen LogP contribution in [0.3, 0.4) is 0 Å². The van der Waals surface area contributed by atoms with Gasteiger partial charge in [-0.05, 0) is 12.1 Å². The number of thiazole rings is 1. The molecule has 0 unspecified atom stereocenters. The van der Waals surface area contributed by atoms with Crippen LogP contribution in [0.5, 0.6) is 0 Å². The van der Waals surface area contributed by atoms with Crippen molar-refractivity contribution < 1.29 is 0 Å². The Labute approximate surface area is 127 Å². The van der Waals surface area contributed by atoms with E-state index in [9.17, 15) is 4.79 Å². The highest BCUT2D eigenvalue weighted by atomic mass is 32.1. The van der Waals surface area contributed by atoms with Crippen molar-refractivity contribution in [3.8, 4) is 0 Å². The third-order valence-electron chi connectivity index (χ3n) is 3.67. The molecule has 0 saturated heterocycles. The summed E-state index contributed by atoms with van der Waals surface area (Å²) in [7, 11) is 1.81. The van der Waals surface area contributed by atoms with E-state index in [0.717, 1.165) is 21.7 Å². The van der Waals surface area contributed by atoms with E-state index >= 15 is 0 Å². The van der Waals surface area contributed by atoms with Crippen molar-refractivity contribution in [1.82, 2.24) is 14.1 Å². The van der Waals surface area contributed by atoms with Crippen LogP contribution in [0.4, 0.5) is 0 Å². The molecule has 110 valence electrons. The molecule has 4 nitrogen and oxygen atoms in total. The summed E-state index contributed by atoms with van der Waals surface area (Å²) in [5.74, 6) is 0. The molecular weight excluding hydrogens is 282 g/mol. The zero-order valence-electron chi connectivity index (χ0n) is 12.8. The molecule has 0 spiro atoms. The van der Waals surface area contributed by atoms with E-state index in [1.165, 1.54) is 0 Å². The number of aryl methyl sites for hydroxylation is 1. The maximum absolute atomic E-state index is 12.4. The number of imidazole rings is 1. The van der Waals surface area contributed by atoms with Crippen LogP contribution in [-0.4, -0.2) is 14.1 Å². The summed E-state index contributed by atoms with van der Waals surface area (Å²) < 4.78 is 3.48. The van der Waals surface area contributed by atoms with Gasteiger partial charge in [0.05, 0.1) is 23.3 Å². The Morgan fingerprint density at radius 2 is 1.86 bits per heavy atom. The number of fused-ring (bicyclic) bond motifs is 1. The Kier molecular flexibility index (Phi) is 3.24. The van der Waals surface area contributed by atoms with E-state index in [4.69, 9.17) is 0 Å². The number of benzene rings is 1. The van der Waals surface area contributed by atoms with Gasteiger partial charge < -0.3 is 0 Å². The predicted molar refractivity (Wildman–Crippen MR) is 87.1 cm³/mol. The van der Waals surface area contributed by atoms with Gasteiger partial charge in [-0.25, -0.2) is 9.78 Å². The van der Waals surface area contributed by atoms with E-state index in [0.29, 0.717) is 6.54 Å². The molecule has 0 amide bonds. The highest BCUT2D eigenvalue weighted by molar-refractivity contribution is 7.09. The topological polar surface area (TPSA) is 39.8 Å². The lowest BCUT2D eigenvalue weighted by Gasteiger charge is -2.14. The standard InChI is InChI=1S/C16H19N3OS/c1-16(2,3)13-10-21-14(17-13)9-19-12-8-6-5-7-11(12)18(4)15(19)20/h5-8,10H,9H2,1-4H3. The van der Waals surface area contributed by atoms with Gasteiger partial charge in [0, 0.05) is 17.8 Å². The third-order valence-corrected chi connectivity index (χ3v) is 4.50. The molecule has 0 saturated carbocycles. The molecule has 0 atom stereocenters. The van der Waals surface area contributed by atoms with Crippen molar-refractivity contribution in [2.75, 3.05) is 0 Å². The van der Waals surface area contributed by atoms with Crippen molar-refractivity contribution >= 4 is 22.4 Å². The lowest BCUT2D eigenvalue weighted by molar-refractivity contribution is 0.569. The first-order chi connectivity index (χ1) is 9.88. The molecule has 3 rings (SSSR count). The molecule has 2 aromatic heterocycles. The SMILES string of the molecule is Cn1c(=O)n(Cc2nc(C(C)(C)C)cs2)c2ccccc21. The molecule has 1 aromatic carbocycles. The minimum Gasteiger partial charge on any atom is -0.295 e. The second-order valence-electron chi connectivity index (χ2n) is 6.29.